The zero-order chi connectivity index (χ0) is 13.8. The predicted molar refractivity (Wildman–Crippen MR) is 81.4 cm³/mol. The molecule has 0 aromatic rings. The van der Waals surface area contributed by atoms with Crippen molar-refractivity contribution >= 4 is 0 Å². The summed E-state index contributed by atoms with van der Waals surface area (Å²) >= 11 is 0. The average molecular weight is 277 g/mol. The molecule has 4 bridgehead atoms. The summed E-state index contributed by atoms with van der Waals surface area (Å²) in [7, 11) is 0. The van der Waals surface area contributed by atoms with Crippen LogP contribution in [0.25, 0.3) is 0 Å². The molecular formula is C18H31NO. The van der Waals surface area contributed by atoms with Crippen molar-refractivity contribution in [2.24, 2.45) is 28.6 Å². The van der Waals surface area contributed by atoms with E-state index in [1.165, 1.54) is 32.1 Å². The van der Waals surface area contributed by atoms with E-state index < -0.39 is 0 Å². The minimum absolute atomic E-state index is 0.368. The van der Waals surface area contributed by atoms with Gasteiger partial charge in [0.25, 0.3) is 0 Å². The van der Waals surface area contributed by atoms with E-state index in [4.69, 9.17) is 0 Å². The summed E-state index contributed by atoms with van der Waals surface area (Å²) < 4.78 is 0. The lowest BCUT2D eigenvalue weighted by molar-refractivity contribution is -0.0710. The second-order valence-electron chi connectivity index (χ2n) is 8.86. The van der Waals surface area contributed by atoms with Gasteiger partial charge < -0.3 is 10.4 Å². The monoisotopic (exact) mass is 277 g/mol. The molecule has 0 saturated heterocycles. The maximum atomic E-state index is 9.21. The molecule has 0 amide bonds. The minimum atomic E-state index is 0.368. The lowest BCUT2D eigenvalue weighted by Gasteiger charge is -2.59. The second-order valence-corrected chi connectivity index (χ2v) is 8.86. The molecule has 2 nitrogen and oxygen atoms in total. The van der Waals surface area contributed by atoms with Gasteiger partial charge in [-0.15, -0.1) is 0 Å². The van der Waals surface area contributed by atoms with Crippen LogP contribution < -0.4 is 5.32 Å². The molecule has 0 radical (unpaired) electrons. The molecule has 1 atom stereocenters. The molecule has 0 heterocycles. The Balaban J connectivity index is 1.39. The first-order valence-corrected chi connectivity index (χ1v) is 8.97. The van der Waals surface area contributed by atoms with Crippen molar-refractivity contribution in [3.8, 4) is 0 Å². The highest BCUT2D eigenvalue weighted by Gasteiger charge is 2.53. The van der Waals surface area contributed by atoms with Gasteiger partial charge >= 0.3 is 0 Å². The van der Waals surface area contributed by atoms with Gasteiger partial charge in [0, 0.05) is 19.2 Å². The lowest BCUT2D eigenvalue weighted by Crippen LogP contribution is -2.55. The molecule has 5 saturated carbocycles. The molecule has 0 aromatic carbocycles. The third-order valence-corrected chi connectivity index (χ3v) is 7.39. The van der Waals surface area contributed by atoms with Crippen LogP contribution in [-0.2, 0) is 0 Å². The van der Waals surface area contributed by atoms with E-state index in [1.54, 1.807) is 19.3 Å². The highest BCUT2D eigenvalue weighted by Crippen LogP contribution is 2.61. The summed E-state index contributed by atoms with van der Waals surface area (Å²) in [5.74, 6) is 3.16. The first-order chi connectivity index (χ1) is 9.63. The lowest BCUT2D eigenvalue weighted by atomic mass is 9.48. The minimum Gasteiger partial charge on any atom is -0.396 e. The average Bonchev–Trinajstić information content (AvgIpc) is 3.15. The molecule has 0 aromatic heterocycles. The van der Waals surface area contributed by atoms with Gasteiger partial charge in [-0.05, 0) is 93.3 Å². The zero-order valence-electron chi connectivity index (χ0n) is 13.0. The molecular weight excluding hydrogens is 246 g/mol. The first-order valence-electron chi connectivity index (χ1n) is 8.97. The Morgan fingerprint density at radius 3 is 2.05 bits per heavy atom. The fourth-order valence-corrected chi connectivity index (χ4v) is 6.22. The topological polar surface area (TPSA) is 32.3 Å². The smallest absolute Gasteiger partial charge is 0.0436 e. The van der Waals surface area contributed by atoms with Crippen molar-refractivity contribution in [2.75, 3.05) is 13.2 Å². The predicted octanol–water partition coefficient (Wildman–Crippen LogP) is 3.34. The Hall–Kier alpha value is -0.0800. The standard InChI is InChI=1S/C18H31NO/c1-13(19-12-17(2-3-17)4-5-20)18-9-14-6-15(10-18)8-16(7-14)11-18/h13-16,19-20H,2-12H2,1H3. The van der Waals surface area contributed by atoms with Crippen molar-refractivity contribution in [3.05, 3.63) is 0 Å². The van der Waals surface area contributed by atoms with Crippen LogP contribution in [0.4, 0.5) is 0 Å². The maximum absolute atomic E-state index is 9.21. The van der Waals surface area contributed by atoms with Crippen LogP contribution >= 0.6 is 0 Å². The number of hydrogen-bond donors (Lipinski definition) is 2. The molecule has 5 fully saturated rings. The first kappa shape index (κ1) is 13.6. The summed E-state index contributed by atoms with van der Waals surface area (Å²) in [6.07, 6.45) is 12.8. The molecule has 2 heteroatoms. The summed E-state index contributed by atoms with van der Waals surface area (Å²) in [5, 5.41) is 13.1. The normalized spacial score (nSPS) is 45.6. The van der Waals surface area contributed by atoms with Gasteiger partial charge in [-0.1, -0.05) is 0 Å². The molecule has 0 spiro atoms. The number of hydrogen-bond acceptors (Lipinski definition) is 2. The van der Waals surface area contributed by atoms with Gasteiger partial charge in [0.2, 0.25) is 0 Å². The Bertz CT molecular complexity index is 338. The fourth-order valence-electron chi connectivity index (χ4n) is 6.22. The van der Waals surface area contributed by atoms with Crippen LogP contribution in [-0.4, -0.2) is 24.3 Å². The highest BCUT2D eigenvalue weighted by atomic mass is 16.3. The van der Waals surface area contributed by atoms with Crippen LogP contribution in [0.3, 0.4) is 0 Å². The molecule has 5 rings (SSSR count). The molecule has 5 aliphatic rings. The summed E-state index contributed by atoms with van der Waals surface area (Å²) in [5.41, 5.74) is 1.09. The van der Waals surface area contributed by atoms with E-state index in [0.717, 1.165) is 30.7 Å². The SMILES string of the molecule is CC(NCC1(CCO)CC1)C12CC3CC(CC(C3)C1)C2. The van der Waals surface area contributed by atoms with Gasteiger partial charge in [0.05, 0.1) is 0 Å². The van der Waals surface area contributed by atoms with Gasteiger partial charge in [-0.25, -0.2) is 0 Å². The third-order valence-electron chi connectivity index (χ3n) is 7.39. The highest BCUT2D eigenvalue weighted by molar-refractivity contribution is 5.06. The van der Waals surface area contributed by atoms with E-state index in [1.807, 2.05) is 0 Å². The van der Waals surface area contributed by atoms with E-state index >= 15 is 0 Å². The van der Waals surface area contributed by atoms with Crippen LogP contribution in [0.1, 0.15) is 64.7 Å². The van der Waals surface area contributed by atoms with Crippen LogP contribution in [0.15, 0.2) is 0 Å². The van der Waals surface area contributed by atoms with E-state index in [-0.39, 0.29) is 0 Å². The Morgan fingerprint density at radius 1 is 1.05 bits per heavy atom. The Kier molecular flexibility index (Phi) is 3.20. The molecule has 20 heavy (non-hydrogen) atoms. The van der Waals surface area contributed by atoms with Gasteiger partial charge in [0.1, 0.15) is 0 Å². The fraction of sp³-hybridized carbons (Fsp3) is 1.00. The number of rotatable bonds is 6. The van der Waals surface area contributed by atoms with Crippen molar-refractivity contribution in [2.45, 2.75) is 70.8 Å². The van der Waals surface area contributed by atoms with E-state index in [2.05, 4.69) is 12.2 Å². The zero-order valence-corrected chi connectivity index (χ0v) is 13.0. The molecule has 1 unspecified atom stereocenters. The molecule has 114 valence electrons. The van der Waals surface area contributed by atoms with Crippen LogP contribution in [0, 0.1) is 28.6 Å². The third kappa shape index (κ3) is 2.23. The van der Waals surface area contributed by atoms with E-state index in [0.29, 0.717) is 23.5 Å². The second kappa shape index (κ2) is 4.71. The maximum Gasteiger partial charge on any atom is 0.0436 e. The van der Waals surface area contributed by atoms with Crippen LogP contribution in [0.2, 0.25) is 0 Å². The summed E-state index contributed by atoms with van der Waals surface area (Å²) in [6.45, 7) is 3.98. The van der Waals surface area contributed by atoms with Crippen molar-refractivity contribution in [3.63, 3.8) is 0 Å². The number of aliphatic hydroxyl groups excluding tert-OH is 1. The van der Waals surface area contributed by atoms with E-state index in [9.17, 15) is 5.11 Å². The van der Waals surface area contributed by atoms with Crippen LogP contribution in [0.5, 0.6) is 0 Å². The quantitative estimate of drug-likeness (QED) is 0.780. The van der Waals surface area contributed by atoms with Gasteiger partial charge in [-0.3, -0.25) is 0 Å². The molecule has 5 aliphatic carbocycles. The van der Waals surface area contributed by atoms with Crippen molar-refractivity contribution in [1.29, 1.82) is 0 Å². The van der Waals surface area contributed by atoms with Gasteiger partial charge in [-0.2, -0.15) is 0 Å². The van der Waals surface area contributed by atoms with Gasteiger partial charge in [0.15, 0.2) is 0 Å². The Labute approximate surface area is 123 Å². The molecule has 2 N–H and O–H groups in total. The molecule has 0 aliphatic heterocycles. The number of aliphatic hydroxyl groups is 1. The van der Waals surface area contributed by atoms with Crippen molar-refractivity contribution in [1.82, 2.24) is 5.32 Å². The summed E-state index contributed by atoms with van der Waals surface area (Å²) in [6, 6.07) is 0.687. The van der Waals surface area contributed by atoms with Crippen molar-refractivity contribution < 1.29 is 5.11 Å². The number of nitrogens with one attached hydrogen (secondary N) is 1. The summed E-state index contributed by atoms with van der Waals surface area (Å²) in [4.78, 5) is 0. The Morgan fingerprint density at radius 2 is 1.60 bits per heavy atom. The largest absolute Gasteiger partial charge is 0.396 e.